The molecular formula is C14H12Cl2N5O+. The lowest BCUT2D eigenvalue weighted by atomic mass is 10.1. The fourth-order valence-corrected chi connectivity index (χ4v) is 2.33. The predicted octanol–water partition coefficient (Wildman–Crippen LogP) is 1.76. The molecule has 0 saturated carbocycles. The van der Waals surface area contributed by atoms with Crippen molar-refractivity contribution >= 4 is 23.2 Å². The molecule has 0 aliphatic carbocycles. The molecule has 0 atom stereocenters. The van der Waals surface area contributed by atoms with Crippen molar-refractivity contribution in [1.29, 1.82) is 0 Å². The van der Waals surface area contributed by atoms with Crippen LogP contribution in [-0.4, -0.2) is 19.2 Å². The number of nitrogens with zero attached hydrogens (tertiary/aromatic N) is 5. The van der Waals surface area contributed by atoms with Gasteiger partial charge in [0.25, 0.3) is 6.33 Å². The van der Waals surface area contributed by atoms with E-state index >= 15 is 0 Å². The van der Waals surface area contributed by atoms with Gasteiger partial charge in [-0.05, 0) is 12.1 Å². The molecule has 112 valence electrons. The van der Waals surface area contributed by atoms with Crippen molar-refractivity contribution in [2.24, 2.45) is 14.1 Å². The minimum absolute atomic E-state index is 0.193. The first-order chi connectivity index (χ1) is 10.5. The molecular weight excluding hydrogens is 325 g/mol. The standard InChI is InChI=1S/C14H12Cl2N5O/c1-19-8-21(14(22)20(19)2)13-6-12(17-7-18-13)9-3-4-10(15)11(16)5-9/h3-8H,1-2H3/q+1. The van der Waals surface area contributed by atoms with Gasteiger partial charge in [-0.1, -0.05) is 29.3 Å². The Morgan fingerprint density at radius 3 is 2.55 bits per heavy atom. The quantitative estimate of drug-likeness (QED) is 0.670. The van der Waals surface area contributed by atoms with Gasteiger partial charge < -0.3 is 0 Å². The normalized spacial score (nSPS) is 10.9. The van der Waals surface area contributed by atoms with E-state index in [-0.39, 0.29) is 5.69 Å². The second-order valence-corrected chi connectivity index (χ2v) is 5.57. The van der Waals surface area contributed by atoms with Crippen LogP contribution in [0.25, 0.3) is 17.1 Å². The fourth-order valence-electron chi connectivity index (χ4n) is 2.03. The van der Waals surface area contributed by atoms with E-state index in [1.165, 1.54) is 15.6 Å². The second kappa shape index (κ2) is 5.55. The second-order valence-electron chi connectivity index (χ2n) is 4.76. The van der Waals surface area contributed by atoms with Crippen LogP contribution in [0.1, 0.15) is 0 Å². The average molecular weight is 337 g/mol. The lowest BCUT2D eigenvalue weighted by Crippen LogP contribution is -2.40. The Balaban J connectivity index is 2.11. The molecule has 3 aromatic rings. The van der Waals surface area contributed by atoms with Gasteiger partial charge in [0.05, 0.1) is 22.8 Å². The van der Waals surface area contributed by atoms with E-state index in [0.717, 1.165) is 5.56 Å². The number of rotatable bonds is 2. The van der Waals surface area contributed by atoms with Crippen molar-refractivity contribution in [3.63, 3.8) is 0 Å². The average Bonchev–Trinajstić information content (AvgIpc) is 2.78. The van der Waals surface area contributed by atoms with Gasteiger partial charge in [0, 0.05) is 11.6 Å². The van der Waals surface area contributed by atoms with Crippen LogP contribution in [0.2, 0.25) is 10.0 Å². The van der Waals surface area contributed by atoms with Gasteiger partial charge in [0.1, 0.15) is 13.4 Å². The zero-order chi connectivity index (χ0) is 15.9. The van der Waals surface area contributed by atoms with Gasteiger partial charge in [-0.15, -0.1) is 9.25 Å². The first-order valence-electron chi connectivity index (χ1n) is 6.39. The van der Waals surface area contributed by atoms with E-state index in [9.17, 15) is 4.79 Å². The maximum atomic E-state index is 12.1. The lowest BCUT2D eigenvalue weighted by Gasteiger charge is -2.03. The van der Waals surface area contributed by atoms with Gasteiger partial charge >= 0.3 is 5.69 Å². The molecule has 0 spiro atoms. The molecule has 3 rings (SSSR count). The fraction of sp³-hybridized carbons (Fsp3) is 0.143. The number of aromatic nitrogens is 5. The molecule has 0 saturated heterocycles. The summed E-state index contributed by atoms with van der Waals surface area (Å²) in [7, 11) is 3.46. The van der Waals surface area contributed by atoms with Crippen LogP contribution in [0.5, 0.6) is 0 Å². The SMILES string of the molecule is Cn1c(=O)n(-c2cc(-c3ccc(Cl)c(Cl)c3)ncn2)c[n+]1C. The molecule has 0 radical (unpaired) electrons. The summed E-state index contributed by atoms with van der Waals surface area (Å²) in [6, 6.07) is 6.97. The molecule has 0 aliphatic heterocycles. The molecule has 6 nitrogen and oxygen atoms in total. The molecule has 2 aromatic heterocycles. The third-order valence-electron chi connectivity index (χ3n) is 3.35. The highest BCUT2D eigenvalue weighted by Crippen LogP contribution is 2.27. The number of hydrogen-bond donors (Lipinski definition) is 0. The number of halogens is 2. The third-order valence-corrected chi connectivity index (χ3v) is 4.09. The summed E-state index contributed by atoms with van der Waals surface area (Å²) in [4.78, 5) is 20.5. The van der Waals surface area contributed by atoms with E-state index < -0.39 is 0 Å². The highest BCUT2D eigenvalue weighted by molar-refractivity contribution is 6.42. The third kappa shape index (κ3) is 2.51. The van der Waals surface area contributed by atoms with Crippen molar-refractivity contribution in [3.05, 3.63) is 57.4 Å². The Bertz CT molecular complexity index is 916. The van der Waals surface area contributed by atoms with E-state index in [1.54, 1.807) is 43.3 Å². The first kappa shape index (κ1) is 14.7. The van der Waals surface area contributed by atoms with Crippen molar-refractivity contribution in [1.82, 2.24) is 19.2 Å². The van der Waals surface area contributed by atoms with Gasteiger partial charge in [-0.3, -0.25) is 0 Å². The molecule has 0 fully saturated rings. The molecule has 22 heavy (non-hydrogen) atoms. The largest absolute Gasteiger partial charge is 0.452 e. The minimum Gasteiger partial charge on any atom is -0.236 e. The van der Waals surface area contributed by atoms with Gasteiger partial charge in [-0.25, -0.2) is 9.78 Å². The first-order valence-corrected chi connectivity index (χ1v) is 7.15. The molecule has 8 heteroatoms. The van der Waals surface area contributed by atoms with Crippen LogP contribution in [-0.2, 0) is 14.1 Å². The molecule has 0 aliphatic rings. The number of benzene rings is 1. The number of hydrogen-bond acceptors (Lipinski definition) is 3. The Kier molecular flexibility index (Phi) is 3.72. The van der Waals surface area contributed by atoms with Crippen LogP contribution in [0.3, 0.4) is 0 Å². The van der Waals surface area contributed by atoms with Gasteiger partial charge in [0.2, 0.25) is 5.82 Å². The Morgan fingerprint density at radius 1 is 1.14 bits per heavy atom. The summed E-state index contributed by atoms with van der Waals surface area (Å²) in [5.74, 6) is 0.484. The molecule has 0 N–H and O–H groups in total. The molecule has 0 unspecified atom stereocenters. The summed E-state index contributed by atoms with van der Waals surface area (Å²) in [5, 5.41) is 0.925. The van der Waals surface area contributed by atoms with E-state index in [0.29, 0.717) is 21.6 Å². The summed E-state index contributed by atoms with van der Waals surface area (Å²) in [5.41, 5.74) is 1.26. The van der Waals surface area contributed by atoms with E-state index in [4.69, 9.17) is 23.2 Å². The minimum atomic E-state index is -0.193. The Hall–Kier alpha value is -2.18. The van der Waals surface area contributed by atoms with E-state index in [2.05, 4.69) is 9.97 Å². The summed E-state index contributed by atoms with van der Waals surface area (Å²) < 4.78 is 4.59. The van der Waals surface area contributed by atoms with Crippen LogP contribution < -0.4 is 10.4 Å². The maximum Gasteiger partial charge on any atom is 0.452 e. The van der Waals surface area contributed by atoms with E-state index in [1.807, 2.05) is 6.07 Å². The summed E-state index contributed by atoms with van der Waals surface area (Å²) in [6.07, 6.45) is 3.07. The smallest absolute Gasteiger partial charge is 0.236 e. The van der Waals surface area contributed by atoms with Gasteiger partial charge in [0.15, 0.2) is 0 Å². The zero-order valence-electron chi connectivity index (χ0n) is 11.9. The van der Waals surface area contributed by atoms with Crippen LogP contribution >= 0.6 is 23.2 Å². The molecule has 0 amide bonds. The highest BCUT2D eigenvalue weighted by atomic mass is 35.5. The van der Waals surface area contributed by atoms with Crippen molar-refractivity contribution in [2.45, 2.75) is 0 Å². The van der Waals surface area contributed by atoms with Crippen molar-refractivity contribution < 1.29 is 4.68 Å². The molecule has 0 bridgehead atoms. The monoisotopic (exact) mass is 336 g/mol. The number of aryl methyl sites for hydroxylation is 1. The molecule has 1 aromatic carbocycles. The zero-order valence-corrected chi connectivity index (χ0v) is 13.4. The van der Waals surface area contributed by atoms with Crippen LogP contribution in [0.15, 0.2) is 41.7 Å². The maximum absolute atomic E-state index is 12.1. The van der Waals surface area contributed by atoms with Crippen LogP contribution in [0, 0.1) is 0 Å². The Labute approximate surface area is 136 Å². The van der Waals surface area contributed by atoms with Crippen molar-refractivity contribution in [3.8, 4) is 17.1 Å². The topological polar surface area (TPSA) is 56.6 Å². The molecule has 2 heterocycles. The highest BCUT2D eigenvalue weighted by Gasteiger charge is 2.17. The summed E-state index contributed by atoms with van der Waals surface area (Å²) >= 11 is 12.0. The van der Waals surface area contributed by atoms with Gasteiger partial charge in [-0.2, -0.15) is 9.67 Å². The van der Waals surface area contributed by atoms with Crippen molar-refractivity contribution in [2.75, 3.05) is 0 Å². The summed E-state index contributed by atoms with van der Waals surface area (Å²) in [6.45, 7) is 0. The predicted molar refractivity (Wildman–Crippen MR) is 83.2 cm³/mol. The Morgan fingerprint density at radius 2 is 1.91 bits per heavy atom. The lowest BCUT2D eigenvalue weighted by molar-refractivity contribution is -0.753. The van der Waals surface area contributed by atoms with Crippen LogP contribution in [0.4, 0.5) is 0 Å².